The molecule has 0 amide bonds. The van der Waals surface area contributed by atoms with E-state index in [2.05, 4.69) is 41.5 Å². The molecule has 2 atom stereocenters. The summed E-state index contributed by atoms with van der Waals surface area (Å²) in [5.41, 5.74) is -0.605. The Morgan fingerprint density at radius 3 is 2.06 bits per heavy atom. The van der Waals surface area contributed by atoms with Gasteiger partial charge in [0.25, 0.3) is 0 Å². The molecule has 2 aliphatic rings. The number of aliphatic hydroxyl groups is 1. The van der Waals surface area contributed by atoms with Gasteiger partial charge in [0.05, 0.1) is 16.8 Å². The topological polar surface area (TPSA) is 29.5 Å². The maximum absolute atomic E-state index is 11.2. The fourth-order valence-corrected chi connectivity index (χ4v) is 4.58. The Kier molecular flexibility index (Phi) is 3.15. The molecule has 0 radical (unpaired) electrons. The molecule has 2 unspecified atom stereocenters. The van der Waals surface area contributed by atoms with Gasteiger partial charge in [-0.25, -0.2) is 0 Å². The maximum Gasteiger partial charge on any atom is 0.0709 e. The normalized spacial score (nSPS) is 41.8. The lowest BCUT2D eigenvalue weighted by molar-refractivity contribution is -0.137. The predicted molar refractivity (Wildman–Crippen MR) is 74.5 cm³/mol. The molecule has 106 valence electrons. The molecule has 2 heteroatoms. The third kappa shape index (κ3) is 2.60. The van der Waals surface area contributed by atoms with E-state index < -0.39 is 5.60 Å². The molecular weight excluding hydrogens is 224 g/mol. The van der Waals surface area contributed by atoms with Crippen LogP contribution in [0.25, 0.3) is 0 Å². The Morgan fingerprint density at radius 2 is 1.61 bits per heavy atom. The zero-order valence-corrected chi connectivity index (χ0v) is 13.0. The van der Waals surface area contributed by atoms with Crippen LogP contribution in [0.4, 0.5) is 0 Å². The number of hydrogen-bond donors (Lipinski definition) is 1. The van der Waals surface area contributed by atoms with Crippen LogP contribution < -0.4 is 0 Å². The van der Waals surface area contributed by atoms with E-state index in [4.69, 9.17) is 4.74 Å². The Bertz CT molecular complexity index is 330. The van der Waals surface area contributed by atoms with Crippen LogP contribution in [-0.2, 0) is 4.74 Å². The lowest BCUT2D eigenvalue weighted by Crippen LogP contribution is -2.51. The van der Waals surface area contributed by atoms with Gasteiger partial charge in [-0.05, 0) is 58.8 Å². The Hall–Kier alpha value is -0.0800. The van der Waals surface area contributed by atoms with Crippen LogP contribution in [0.2, 0.25) is 0 Å². The molecule has 1 aliphatic heterocycles. The quantitative estimate of drug-likeness (QED) is 0.768. The lowest BCUT2D eigenvalue weighted by atomic mass is 9.61. The number of ether oxygens (including phenoxy) is 1. The van der Waals surface area contributed by atoms with Crippen molar-refractivity contribution in [2.45, 2.75) is 90.4 Å². The van der Waals surface area contributed by atoms with E-state index in [9.17, 15) is 5.11 Å². The summed E-state index contributed by atoms with van der Waals surface area (Å²) >= 11 is 0. The highest BCUT2D eigenvalue weighted by atomic mass is 16.5. The zero-order valence-electron chi connectivity index (χ0n) is 13.0. The molecule has 1 saturated heterocycles. The smallest absolute Gasteiger partial charge is 0.0709 e. The minimum Gasteiger partial charge on any atom is -0.389 e. The standard InChI is InChI=1S/C16H30O2/c1-13(2)8-7-9-16(17,11-13)12-10-14(3,4)18-15(12,5)6/h12,17H,7-11H2,1-6H3. The van der Waals surface area contributed by atoms with Crippen LogP contribution in [0.3, 0.4) is 0 Å². The molecule has 2 nitrogen and oxygen atoms in total. The molecule has 2 fully saturated rings. The Labute approximate surface area is 112 Å². The largest absolute Gasteiger partial charge is 0.389 e. The van der Waals surface area contributed by atoms with Gasteiger partial charge in [-0.3, -0.25) is 0 Å². The minimum atomic E-state index is -0.543. The van der Waals surface area contributed by atoms with Gasteiger partial charge < -0.3 is 9.84 Å². The van der Waals surface area contributed by atoms with Crippen LogP contribution in [0.1, 0.15) is 73.6 Å². The van der Waals surface area contributed by atoms with Crippen LogP contribution in [0.5, 0.6) is 0 Å². The van der Waals surface area contributed by atoms with Crippen molar-refractivity contribution in [2.24, 2.45) is 11.3 Å². The summed E-state index contributed by atoms with van der Waals surface area (Å²) in [6, 6.07) is 0. The number of rotatable bonds is 1. The van der Waals surface area contributed by atoms with Gasteiger partial charge in [-0.15, -0.1) is 0 Å². The summed E-state index contributed by atoms with van der Waals surface area (Å²) in [5, 5.41) is 11.2. The summed E-state index contributed by atoms with van der Waals surface area (Å²) in [7, 11) is 0. The van der Waals surface area contributed by atoms with Gasteiger partial charge in [-0.1, -0.05) is 20.3 Å². The summed E-state index contributed by atoms with van der Waals surface area (Å²) in [6.07, 6.45) is 5.17. The van der Waals surface area contributed by atoms with Gasteiger partial charge in [0, 0.05) is 5.92 Å². The van der Waals surface area contributed by atoms with Crippen LogP contribution in [-0.4, -0.2) is 21.9 Å². The lowest BCUT2D eigenvalue weighted by Gasteiger charge is -2.48. The fraction of sp³-hybridized carbons (Fsp3) is 1.00. The average molecular weight is 254 g/mol. The van der Waals surface area contributed by atoms with Crippen LogP contribution in [0, 0.1) is 11.3 Å². The maximum atomic E-state index is 11.2. The highest BCUT2D eigenvalue weighted by Gasteiger charge is 2.56. The van der Waals surface area contributed by atoms with Crippen LogP contribution in [0.15, 0.2) is 0 Å². The minimum absolute atomic E-state index is 0.106. The van der Waals surface area contributed by atoms with E-state index in [-0.39, 0.29) is 22.5 Å². The monoisotopic (exact) mass is 254 g/mol. The van der Waals surface area contributed by atoms with Gasteiger partial charge >= 0.3 is 0 Å². The van der Waals surface area contributed by atoms with Crippen molar-refractivity contribution in [3.8, 4) is 0 Å². The third-order valence-electron chi connectivity index (χ3n) is 4.97. The first-order chi connectivity index (χ1) is 7.96. The van der Waals surface area contributed by atoms with Gasteiger partial charge in [-0.2, -0.15) is 0 Å². The van der Waals surface area contributed by atoms with E-state index in [0.717, 1.165) is 25.7 Å². The predicted octanol–water partition coefficient (Wildman–Crippen LogP) is 3.91. The SMILES string of the molecule is CC1(C)CCCC(O)(C2CC(C)(C)OC2(C)C)C1. The second-order valence-electron chi connectivity index (χ2n) is 8.52. The molecule has 1 N–H and O–H groups in total. The molecular formula is C16H30O2. The van der Waals surface area contributed by atoms with Crippen molar-refractivity contribution in [3.05, 3.63) is 0 Å². The van der Waals surface area contributed by atoms with Crippen molar-refractivity contribution in [1.29, 1.82) is 0 Å². The molecule has 0 bridgehead atoms. The van der Waals surface area contributed by atoms with Gasteiger partial charge in [0.1, 0.15) is 0 Å². The molecule has 2 rings (SSSR count). The van der Waals surface area contributed by atoms with Crippen molar-refractivity contribution in [1.82, 2.24) is 0 Å². The fourth-order valence-electron chi connectivity index (χ4n) is 4.58. The van der Waals surface area contributed by atoms with Crippen LogP contribution >= 0.6 is 0 Å². The van der Waals surface area contributed by atoms with Crippen molar-refractivity contribution in [2.75, 3.05) is 0 Å². The molecule has 18 heavy (non-hydrogen) atoms. The first-order valence-electron chi connectivity index (χ1n) is 7.39. The molecule has 0 aromatic rings. The van der Waals surface area contributed by atoms with E-state index in [1.54, 1.807) is 0 Å². The van der Waals surface area contributed by atoms with E-state index in [1.807, 2.05) is 0 Å². The second-order valence-corrected chi connectivity index (χ2v) is 8.52. The Balaban J connectivity index is 2.25. The van der Waals surface area contributed by atoms with Crippen molar-refractivity contribution >= 4 is 0 Å². The molecule has 0 aromatic heterocycles. The molecule has 0 aromatic carbocycles. The summed E-state index contributed by atoms with van der Waals surface area (Å²) in [5.74, 6) is 0.250. The third-order valence-corrected chi connectivity index (χ3v) is 4.97. The first-order valence-corrected chi connectivity index (χ1v) is 7.39. The summed E-state index contributed by atoms with van der Waals surface area (Å²) in [6.45, 7) is 13.1. The van der Waals surface area contributed by atoms with E-state index in [0.29, 0.717) is 0 Å². The van der Waals surface area contributed by atoms with Crippen molar-refractivity contribution in [3.63, 3.8) is 0 Å². The van der Waals surface area contributed by atoms with Gasteiger partial charge in [0.15, 0.2) is 0 Å². The van der Waals surface area contributed by atoms with E-state index in [1.165, 1.54) is 6.42 Å². The average Bonchev–Trinajstić information content (AvgIpc) is 2.32. The Morgan fingerprint density at radius 1 is 1.00 bits per heavy atom. The first kappa shape index (κ1) is 14.3. The highest BCUT2D eigenvalue weighted by molar-refractivity contribution is 5.06. The summed E-state index contributed by atoms with van der Waals surface area (Å²) in [4.78, 5) is 0. The summed E-state index contributed by atoms with van der Waals surface area (Å²) < 4.78 is 6.18. The molecule has 1 saturated carbocycles. The number of hydrogen-bond acceptors (Lipinski definition) is 2. The van der Waals surface area contributed by atoms with Gasteiger partial charge in [0.2, 0.25) is 0 Å². The molecule has 0 spiro atoms. The highest BCUT2D eigenvalue weighted by Crippen LogP contribution is 2.54. The van der Waals surface area contributed by atoms with Crippen molar-refractivity contribution < 1.29 is 9.84 Å². The molecule has 1 aliphatic carbocycles. The molecule has 1 heterocycles. The zero-order chi connectivity index (χ0) is 13.8. The van der Waals surface area contributed by atoms with E-state index >= 15 is 0 Å². The second kappa shape index (κ2) is 3.96.